The van der Waals surface area contributed by atoms with Crippen molar-refractivity contribution in [3.8, 4) is 5.75 Å². The Morgan fingerprint density at radius 1 is 1.45 bits per heavy atom. The molecule has 0 spiro atoms. The Labute approximate surface area is 123 Å². The number of aromatic nitrogens is 2. The standard InChI is InChI=1S/C15H18ClN3O/c1-10-13(15(16)19(2)18-10)9-17-8-12-7-11-5-3-4-6-14(11)20-12/h3-6,12,17H,7-9H2,1-2H3. The van der Waals surface area contributed by atoms with Crippen molar-refractivity contribution in [1.82, 2.24) is 15.1 Å². The molecule has 106 valence electrons. The van der Waals surface area contributed by atoms with Gasteiger partial charge in [-0.05, 0) is 18.6 Å². The van der Waals surface area contributed by atoms with E-state index >= 15 is 0 Å². The molecule has 0 bridgehead atoms. The lowest BCUT2D eigenvalue weighted by atomic mass is 10.1. The summed E-state index contributed by atoms with van der Waals surface area (Å²) in [5.74, 6) is 1.01. The van der Waals surface area contributed by atoms with E-state index in [9.17, 15) is 0 Å². The van der Waals surface area contributed by atoms with Crippen molar-refractivity contribution in [3.63, 3.8) is 0 Å². The normalized spacial score (nSPS) is 17.1. The molecule has 0 saturated heterocycles. The molecule has 1 aromatic heterocycles. The fourth-order valence-electron chi connectivity index (χ4n) is 2.60. The fraction of sp³-hybridized carbons (Fsp3) is 0.400. The van der Waals surface area contributed by atoms with Gasteiger partial charge in [0.15, 0.2) is 0 Å². The molecule has 1 unspecified atom stereocenters. The maximum Gasteiger partial charge on any atom is 0.131 e. The summed E-state index contributed by atoms with van der Waals surface area (Å²) in [5, 5.41) is 8.42. The van der Waals surface area contributed by atoms with Gasteiger partial charge in [0.2, 0.25) is 0 Å². The minimum atomic E-state index is 0.197. The van der Waals surface area contributed by atoms with Crippen molar-refractivity contribution >= 4 is 11.6 Å². The molecule has 5 heteroatoms. The molecule has 20 heavy (non-hydrogen) atoms. The first-order valence-corrected chi connectivity index (χ1v) is 7.16. The van der Waals surface area contributed by atoms with Crippen LogP contribution < -0.4 is 10.1 Å². The number of nitrogens with one attached hydrogen (secondary N) is 1. The van der Waals surface area contributed by atoms with Gasteiger partial charge in [-0.15, -0.1) is 0 Å². The second kappa shape index (κ2) is 5.46. The first kappa shape index (κ1) is 13.5. The van der Waals surface area contributed by atoms with Gasteiger partial charge >= 0.3 is 0 Å². The third-order valence-electron chi connectivity index (χ3n) is 3.66. The van der Waals surface area contributed by atoms with E-state index in [4.69, 9.17) is 16.3 Å². The maximum absolute atomic E-state index is 6.21. The predicted octanol–water partition coefficient (Wildman–Crippen LogP) is 2.48. The molecule has 1 N–H and O–H groups in total. The van der Waals surface area contributed by atoms with E-state index in [1.807, 2.05) is 26.1 Å². The van der Waals surface area contributed by atoms with E-state index < -0.39 is 0 Å². The van der Waals surface area contributed by atoms with Crippen LogP contribution in [0.2, 0.25) is 5.15 Å². The first-order valence-electron chi connectivity index (χ1n) is 6.78. The van der Waals surface area contributed by atoms with Crippen LogP contribution in [-0.4, -0.2) is 22.4 Å². The van der Waals surface area contributed by atoms with E-state index in [-0.39, 0.29) is 6.10 Å². The number of para-hydroxylation sites is 1. The quantitative estimate of drug-likeness (QED) is 0.941. The number of aryl methyl sites for hydroxylation is 2. The minimum absolute atomic E-state index is 0.197. The number of hydrogen-bond acceptors (Lipinski definition) is 3. The third kappa shape index (κ3) is 2.53. The summed E-state index contributed by atoms with van der Waals surface area (Å²) in [5.41, 5.74) is 3.32. The SMILES string of the molecule is Cc1nn(C)c(Cl)c1CNCC1Cc2ccccc2O1. The van der Waals surface area contributed by atoms with Gasteiger partial charge in [-0.1, -0.05) is 29.8 Å². The van der Waals surface area contributed by atoms with Gasteiger partial charge in [0.05, 0.1) is 5.69 Å². The topological polar surface area (TPSA) is 39.1 Å². The average Bonchev–Trinajstić information content (AvgIpc) is 2.94. The van der Waals surface area contributed by atoms with Crippen LogP contribution >= 0.6 is 11.6 Å². The van der Waals surface area contributed by atoms with Gasteiger partial charge in [0.25, 0.3) is 0 Å². The summed E-state index contributed by atoms with van der Waals surface area (Å²) in [6.07, 6.45) is 1.16. The zero-order valence-corrected chi connectivity index (χ0v) is 12.4. The van der Waals surface area contributed by atoms with Gasteiger partial charge in [-0.2, -0.15) is 5.10 Å². The second-order valence-electron chi connectivity index (χ2n) is 5.16. The summed E-state index contributed by atoms with van der Waals surface area (Å²) in [7, 11) is 1.86. The van der Waals surface area contributed by atoms with Crippen molar-refractivity contribution < 1.29 is 4.74 Å². The van der Waals surface area contributed by atoms with E-state index in [2.05, 4.69) is 22.5 Å². The zero-order valence-electron chi connectivity index (χ0n) is 11.7. The molecule has 3 rings (SSSR count). The summed E-state index contributed by atoms with van der Waals surface area (Å²) in [4.78, 5) is 0. The molecule has 0 saturated carbocycles. The van der Waals surface area contributed by atoms with Crippen LogP contribution in [0.1, 0.15) is 16.8 Å². The van der Waals surface area contributed by atoms with Crippen LogP contribution in [0.15, 0.2) is 24.3 Å². The van der Waals surface area contributed by atoms with E-state index in [0.717, 1.165) is 30.0 Å². The molecule has 2 aromatic rings. The molecule has 2 heterocycles. The lowest BCUT2D eigenvalue weighted by molar-refractivity contribution is 0.227. The average molecular weight is 292 g/mol. The molecule has 0 amide bonds. The molecular weight excluding hydrogens is 274 g/mol. The third-order valence-corrected chi connectivity index (χ3v) is 4.13. The lowest BCUT2D eigenvalue weighted by Gasteiger charge is -2.11. The van der Waals surface area contributed by atoms with Crippen molar-refractivity contribution in [3.05, 3.63) is 46.2 Å². The molecule has 1 aliphatic heterocycles. The highest BCUT2D eigenvalue weighted by molar-refractivity contribution is 6.30. The van der Waals surface area contributed by atoms with Gasteiger partial charge < -0.3 is 10.1 Å². The summed E-state index contributed by atoms with van der Waals surface area (Å²) >= 11 is 6.21. The Bertz CT molecular complexity index is 599. The summed E-state index contributed by atoms with van der Waals surface area (Å²) < 4.78 is 7.60. The molecule has 1 atom stereocenters. The van der Waals surface area contributed by atoms with Crippen LogP contribution in [0.4, 0.5) is 0 Å². The molecular formula is C15H18ClN3O. The lowest BCUT2D eigenvalue weighted by Crippen LogP contribution is -2.29. The molecule has 1 aliphatic rings. The molecule has 0 fully saturated rings. The number of ether oxygens (including phenoxy) is 1. The predicted molar refractivity (Wildman–Crippen MR) is 79.2 cm³/mol. The number of halogens is 1. The molecule has 4 nitrogen and oxygen atoms in total. The van der Waals surface area contributed by atoms with Gasteiger partial charge in [-0.25, -0.2) is 0 Å². The van der Waals surface area contributed by atoms with Crippen LogP contribution in [0.25, 0.3) is 0 Å². The monoisotopic (exact) mass is 291 g/mol. The smallest absolute Gasteiger partial charge is 0.131 e. The zero-order chi connectivity index (χ0) is 14.1. The van der Waals surface area contributed by atoms with E-state index in [0.29, 0.717) is 11.7 Å². The molecule has 0 aliphatic carbocycles. The highest BCUT2D eigenvalue weighted by Gasteiger charge is 2.22. The van der Waals surface area contributed by atoms with Crippen LogP contribution in [0, 0.1) is 6.92 Å². The summed E-state index contributed by atoms with van der Waals surface area (Å²) in [6, 6.07) is 8.21. The van der Waals surface area contributed by atoms with Gasteiger partial charge in [0.1, 0.15) is 17.0 Å². The highest BCUT2D eigenvalue weighted by Crippen LogP contribution is 2.27. The first-order chi connectivity index (χ1) is 9.65. The van der Waals surface area contributed by atoms with Crippen molar-refractivity contribution in [1.29, 1.82) is 0 Å². The number of rotatable bonds is 4. The van der Waals surface area contributed by atoms with Gasteiger partial charge in [0, 0.05) is 32.1 Å². The summed E-state index contributed by atoms with van der Waals surface area (Å²) in [6.45, 7) is 3.50. The highest BCUT2D eigenvalue weighted by atomic mass is 35.5. The Kier molecular flexibility index (Phi) is 3.68. The van der Waals surface area contributed by atoms with E-state index in [1.54, 1.807) is 4.68 Å². The van der Waals surface area contributed by atoms with Crippen LogP contribution in [0.3, 0.4) is 0 Å². The van der Waals surface area contributed by atoms with Gasteiger partial charge in [-0.3, -0.25) is 4.68 Å². The minimum Gasteiger partial charge on any atom is -0.488 e. The number of fused-ring (bicyclic) bond motifs is 1. The second-order valence-corrected chi connectivity index (χ2v) is 5.52. The number of hydrogen-bond donors (Lipinski definition) is 1. The Balaban J connectivity index is 1.55. The number of benzene rings is 1. The Morgan fingerprint density at radius 2 is 2.25 bits per heavy atom. The Morgan fingerprint density at radius 3 is 2.95 bits per heavy atom. The Hall–Kier alpha value is -1.52. The fourth-order valence-corrected chi connectivity index (χ4v) is 2.84. The van der Waals surface area contributed by atoms with Crippen LogP contribution in [0.5, 0.6) is 5.75 Å². The largest absolute Gasteiger partial charge is 0.488 e. The van der Waals surface area contributed by atoms with Crippen LogP contribution in [-0.2, 0) is 20.0 Å². The van der Waals surface area contributed by atoms with E-state index in [1.165, 1.54) is 5.56 Å². The molecule has 1 aromatic carbocycles. The maximum atomic E-state index is 6.21. The van der Waals surface area contributed by atoms with Crippen molar-refractivity contribution in [2.24, 2.45) is 7.05 Å². The number of nitrogens with zero attached hydrogens (tertiary/aromatic N) is 2. The van der Waals surface area contributed by atoms with Crippen molar-refractivity contribution in [2.45, 2.75) is 26.0 Å². The molecule has 0 radical (unpaired) electrons. The van der Waals surface area contributed by atoms with Crippen molar-refractivity contribution in [2.75, 3.05) is 6.54 Å².